The Hall–Kier alpha value is -0.390. The Morgan fingerprint density at radius 1 is 1.10 bits per heavy atom. The Bertz CT molecular complexity index is 513. The summed E-state index contributed by atoms with van der Waals surface area (Å²) < 4.78 is 1.25. The van der Waals surface area contributed by atoms with E-state index in [-0.39, 0.29) is 0 Å². The first-order valence-electron chi connectivity index (χ1n) is 8.31. The molecule has 0 amide bonds. The van der Waals surface area contributed by atoms with Crippen LogP contribution >= 0.6 is 22.6 Å². The lowest BCUT2D eigenvalue weighted by atomic mass is 9.73. The zero-order valence-electron chi connectivity index (χ0n) is 13.4. The molecule has 0 aromatic carbocycles. The van der Waals surface area contributed by atoms with Crippen LogP contribution in [0.25, 0.3) is 0 Å². The second-order valence-corrected chi connectivity index (χ2v) is 8.45. The van der Waals surface area contributed by atoms with Crippen LogP contribution in [-0.2, 0) is 0 Å². The van der Waals surface area contributed by atoms with Crippen molar-refractivity contribution in [2.24, 2.45) is 5.41 Å². The van der Waals surface area contributed by atoms with E-state index in [1.807, 2.05) is 0 Å². The lowest BCUT2D eigenvalue weighted by Crippen LogP contribution is -2.22. The fourth-order valence-corrected chi connectivity index (χ4v) is 4.11. The first-order valence-corrected chi connectivity index (χ1v) is 9.39. The van der Waals surface area contributed by atoms with E-state index < -0.39 is 0 Å². The molecule has 2 aliphatic rings. The molecule has 2 aliphatic carbocycles. The molecule has 3 rings (SSSR count). The number of nitrogens with zero attached hydrogens (tertiary/aromatic N) is 2. The highest BCUT2D eigenvalue weighted by Gasteiger charge is 2.33. The van der Waals surface area contributed by atoms with E-state index in [1.165, 1.54) is 47.8 Å². The van der Waals surface area contributed by atoms with Gasteiger partial charge in [-0.05, 0) is 73.5 Å². The summed E-state index contributed by atoms with van der Waals surface area (Å²) in [6.45, 7) is 7.83. The maximum absolute atomic E-state index is 4.99. The molecule has 1 N–H and O–H groups in total. The van der Waals surface area contributed by atoms with Crippen LogP contribution in [0.5, 0.6) is 0 Å². The van der Waals surface area contributed by atoms with Crippen molar-refractivity contribution in [3.8, 4) is 0 Å². The average molecular weight is 399 g/mol. The van der Waals surface area contributed by atoms with E-state index in [2.05, 4.69) is 48.7 Å². The average Bonchev–Trinajstić information content (AvgIpc) is 3.26. The van der Waals surface area contributed by atoms with Crippen molar-refractivity contribution >= 4 is 28.4 Å². The maximum atomic E-state index is 4.99. The van der Waals surface area contributed by atoms with Gasteiger partial charge in [0.15, 0.2) is 0 Å². The van der Waals surface area contributed by atoms with E-state index in [4.69, 9.17) is 9.97 Å². The monoisotopic (exact) mass is 399 g/mol. The van der Waals surface area contributed by atoms with Crippen LogP contribution in [0, 0.1) is 8.99 Å². The van der Waals surface area contributed by atoms with Crippen molar-refractivity contribution in [2.45, 2.75) is 71.1 Å². The maximum Gasteiger partial charge on any atom is 0.143 e. The fourth-order valence-electron chi connectivity index (χ4n) is 3.23. The van der Waals surface area contributed by atoms with E-state index in [0.29, 0.717) is 17.3 Å². The number of halogens is 1. The summed E-state index contributed by atoms with van der Waals surface area (Å²) in [5.74, 6) is 3.42. The summed E-state index contributed by atoms with van der Waals surface area (Å²) in [4.78, 5) is 9.86. The minimum atomic E-state index is 0.503. The van der Waals surface area contributed by atoms with Crippen LogP contribution in [0.3, 0.4) is 0 Å². The van der Waals surface area contributed by atoms with Crippen LogP contribution in [0.4, 0.5) is 5.82 Å². The van der Waals surface area contributed by atoms with Crippen molar-refractivity contribution < 1.29 is 0 Å². The standard InChI is InChI=1S/C17H26IN3/c1-4-19-16-13(18)14(11-5-6-11)20-15(21-16)12-7-9-17(2,3)10-8-12/h11-12H,4-10H2,1-3H3,(H,19,20,21). The molecule has 3 nitrogen and oxygen atoms in total. The first kappa shape index (κ1) is 15.5. The van der Waals surface area contributed by atoms with Gasteiger partial charge >= 0.3 is 0 Å². The molecule has 0 aliphatic heterocycles. The molecule has 0 radical (unpaired) electrons. The molecular weight excluding hydrogens is 373 g/mol. The van der Waals surface area contributed by atoms with Gasteiger partial charge in [0.2, 0.25) is 0 Å². The van der Waals surface area contributed by atoms with E-state index in [9.17, 15) is 0 Å². The largest absolute Gasteiger partial charge is 0.369 e. The van der Waals surface area contributed by atoms with Gasteiger partial charge in [-0.2, -0.15) is 0 Å². The lowest BCUT2D eigenvalue weighted by Gasteiger charge is -2.33. The highest BCUT2D eigenvalue weighted by molar-refractivity contribution is 14.1. The molecule has 0 spiro atoms. The zero-order chi connectivity index (χ0) is 15.0. The molecule has 0 unspecified atom stereocenters. The Morgan fingerprint density at radius 3 is 2.33 bits per heavy atom. The van der Waals surface area contributed by atoms with E-state index in [0.717, 1.165) is 18.2 Å². The van der Waals surface area contributed by atoms with Gasteiger partial charge in [0.1, 0.15) is 11.6 Å². The quantitative estimate of drug-likeness (QED) is 0.718. The Labute approximate surface area is 141 Å². The summed E-state index contributed by atoms with van der Waals surface area (Å²) in [6, 6.07) is 0. The Morgan fingerprint density at radius 2 is 1.76 bits per heavy atom. The van der Waals surface area contributed by atoms with Crippen LogP contribution in [0.15, 0.2) is 0 Å². The van der Waals surface area contributed by atoms with Gasteiger partial charge in [-0.25, -0.2) is 9.97 Å². The third kappa shape index (κ3) is 3.51. The predicted molar refractivity (Wildman–Crippen MR) is 95.9 cm³/mol. The fraction of sp³-hybridized carbons (Fsp3) is 0.765. The molecule has 0 bridgehead atoms. The molecule has 116 valence electrons. The molecule has 1 heterocycles. The highest BCUT2D eigenvalue weighted by atomic mass is 127. The molecule has 4 heteroatoms. The van der Waals surface area contributed by atoms with Crippen molar-refractivity contribution in [1.29, 1.82) is 0 Å². The Kier molecular flexibility index (Phi) is 4.44. The minimum Gasteiger partial charge on any atom is -0.369 e. The van der Waals surface area contributed by atoms with Gasteiger partial charge < -0.3 is 5.32 Å². The van der Waals surface area contributed by atoms with Crippen molar-refractivity contribution in [2.75, 3.05) is 11.9 Å². The van der Waals surface area contributed by atoms with Gasteiger partial charge in [-0.15, -0.1) is 0 Å². The normalized spacial score (nSPS) is 22.3. The minimum absolute atomic E-state index is 0.503. The van der Waals surface area contributed by atoms with Gasteiger partial charge in [-0.3, -0.25) is 0 Å². The summed E-state index contributed by atoms with van der Waals surface area (Å²) in [6.07, 6.45) is 7.67. The van der Waals surface area contributed by atoms with Crippen LogP contribution in [-0.4, -0.2) is 16.5 Å². The summed E-state index contributed by atoms with van der Waals surface area (Å²) in [5.41, 5.74) is 1.81. The van der Waals surface area contributed by atoms with Crippen molar-refractivity contribution in [3.05, 3.63) is 15.1 Å². The van der Waals surface area contributed by atoms with Crippen LogP contribution in [0.1, 0.15) is 82.7 Å². The number of nitrogens with one attached hydrogen (secondary N) is 1. The molecule has 0 saturated heterocycles. The number of hydrogen-bond acceptors (Lipinski definition) is 3. The lowest BCUT2D eigenvalue weighted by molar-refractivity contribution is 0.220. The smallest absolute Gasteiger partial charge is 0.143 e. The molecule has 21 heavy (non-hydrogen) atoms. The number of rotatable bonds is 4. The zero-order valence-corrected chi connectivity index (χ0v) is 15.5. The SMILES string of the molecule is CCNc1nc(C2CCC(C)(C)CC2)nc(C2CC2)c1I. The summed E-state index contributed by atoms with van der Waals surface area (Å²) in [7, 11) is 0. The summed E-state index contributed by atoms with van der Waals surface area (Å²) >= 11 is 2.43. The molecule has 1 aromatic rings. The molecule has 1 aromatic heterocycles. The molecule has 0 atom stereocenters. The van der Waals surface area contributed by atoms with Gasteiger partial charge in [0, 0.05) is 18.4 Å². The summed E-state index contributed by atoms with van der Waals surface area (Å²) in [5, 5.41) is 3.44. The third-order valence-corrected chi connectivity index (χ3v) is 5.97. The van der Waals surface area contributed by atoms with Crippen LogP contribution < -0.4 is 5.32 Å². The van der Waals surface area contributed by atoms with Crippen molar-refractivity contribution in [1.82, 2.24) is 9.97 Å². The topological polar surface area (TPSA) is 37.8 Å². The second-order valence-electron chi connectivity index (χ2n) is 7.37. The highest BCUT2D eigenvalue weighted by Crippen LogP contribution is 2.45. The van der Waals surface area contributed by atoms with Crippen molar-refractivity contribution in [3.63, 3.8) is 0 Å². The number of anilines is 1. The van der Waals surface area contributed by atoms with Gasteiger partial charge in [0.05, 0.1) is 9.26 Å². The second kappa shape index (κ2) is 6.01. The van der Waals surface area contributed by atoms with Gasteiger partial charge in [-0.1, -0.05) is 13.8 Å². The number of hydrogen-bond donors (Lipinski definition) is 1. The van der Waals surface area contributed by atoms with Crippen LogP contribution in [0.2, 0.25) is 0 Å². The Balaban J connectivity index is 1.87. The molecule has 2 fully saturated rings. The van der Waals surface area contributed by atoms with E-state index >= 15 is 0 Å². The number of aromatic nitrogens is 2. The van der Waals surface area contributed by atoms with Gasteiger partial charge in [0.25, 0.3) is 0 Å². The third-order valence-electron chi connectivity index (χ3n) is 4.91. The van der Waals surface area contributed by atoms with E-state index in [1.54, 1.807) is 0 Å². The molecule has 2 saturated carbocycles. The predicted octanol–water partition coefficient (Wildman–Crippen LogP) is 5.07. The first-order chi connectivity index (χ1) is 10.00. The molecular formula is C17H26IN3.